The van der Waals surface area contributed by atoms with Gasteiger partial charge in [-0.3, -0.25) is 0 Å². The lowest BCUT2D eigenvalue weighted by Gasteiger charge is -2.38. The topological polar surface area (TPSA) is 27.7 Å². The Balaban J connectivity index is 1.36. The van der Waals surface area contributed by atoms with Gasteiger partial charge in [-0.05, 0) is 62.7 Å². The van der Waals surface area contributed by atoms with E-state index in [1.807, 2.05) is 0 Å². The Morgan fingerprint density at radius 2 is 1.59 bits per heavy atom. The first kappa shape index (κ1) is 22.6. The Bertz CT molecular complexity index is 571. The van der Waals surface area contributed by atoms with E-state index in [0.29, 0.717) is 37.4 Å². The first-order valence-electron chi connectivity index (χ1n) is 11.7. The number of halogens is 2. The minimum absolute atomic E-state index is 0.0791. The van der Waals surface area contributed by atoms with E-state index < -0.39 is 11.7 Å². The number of unbranched alkanes of at least 4 members (excludes halogenated alkanes) is 2. The van der Waals surface area contributed by atoms with Crippen molar-refractivity contribution < 1.29 is 23.0 Å². The van der Waals surface area contributed by atoms with Crippen LogP contribution in [0.5, 0.6) is 0 Å². The van der Waals surface area contributed by atoms with Crippen molar-refractivity contribution in [3.8, 4) is 0 Å². The van der Waals surface area contributed by atoms with Crippen molar-refractivity contribution in [1.29, 1.82) is 0 Å². The van der Waals surface area contributed by atoms with Gasteiger partial charge >= 0.3 is 0 Å². The zero-order valence-corrected chi connectivity index (χ0v) is 18.2. The van der Waals surface area contributed by atoms with E-state index in [0.717, 1.165) is 38.2 Å². The van der Waals surface area contributed by atoms with Crippen LogP contribution in [0.2, 0.25) is 0 Å². The number of hydrogen-bond donors (Lipinski definition) is 0. The molecule has 1 heterocycles. The molecule has 2 aliphatic carbocycles. The standard InChI is InChI=1S/C24H38F2O3/c1-3-4-5-6-17-9-12-20(28-15-17)19-10-7-18(8-11-19)16-29-22-14-13-21(27-2)23(25)24(22)26/h17-20H,3-16H2,1-2H3. The van der Waals surface area contributed by atoms with Crippen molar-refractivity contribution in [3.63, 3.8) is 0 Å². The zero-order valence-electron chi connectivity index (χ0n) is 18.2. The van der Waals surface area contributed by atoms with E-state index in [1.165, 1.54) is 45.6 Å². The summed E-state index contributed by atoms with van der Waals surface area (Å²) in [6.07, 6.45) is 13.4. The van der Waals surface area contributed by atoms with Gasteiger partial charge in [-0.25, -0.2) is 0 Å². The normalized spacial score (nSPS) is 31.2. The number of allylic oxidation sites excluding steroid dienone is 4. The molecule has 0 aromatic heterocycles. The summed E-state index contributed by atoms with van der Waals surface area (Å²) in [7, 11) is 1.37. The first-order chi connectivity index (χ1) is 14.1. The van der Waals surface area contributed by atoms with Gasteiger partial charge in [0.2, 0.25) is 0 Å². The first-order valence-corrected chi connectivity index (χ1v) is 11.7. The van der Waals surface area contributed by atoms with Gasteiger partial charge in [0.15, 0.2) is 11.7 Å². The van der Waals surface area contributed by atoms with Crippen LogP contribution in [0, 0.1) is 17.8 Å². The fraction of sp³-hybridized carbons (Fsp3) is 0.833. The molecule has 1 saturated heterocycles. The molecule has 1 aliphatic heterocycles. The molecule has 0 aromatic rings. The van der Waals surface area contributed by atoms with Gasteiger partial charge in [0.25, 0.3) is 0 Å². The van der Waals surface area contributed by atoms with Crippen LogP contribution in [-0.2, 0) is 14.2 Å². The fourth-order valence-electron chi connectivity index (χ4n) is 5.07. The summed E-state index contributed by atoms with van der Waals surface area (Å²) in [5.41, 5.74) is 0. The average Bonchev–Trinajstić information content (AvgIpc) is 2.76. The van der Waals surface area contributed by atoms with Crippen molar-refractivity contribution in [2.75, 3.05) is 20.3 Å². The molecule has 1 saturated carbocycles. The maximum absolute atomic E-state index is 14.1. The van der Waals surface area contributed by atoms with Crippen LogP contribution < -0.4 is 0 Å². The molecule has 0 radical (unpaired) electrons. The van der Waals surface area contributed by atoms with Crippen LogP contribution in [-0.4, -0.2) is 26.4 Å². The molecular weight excluding hydrogens is 374 g/mol. The maximum Gasteiger partial charge on any atom is 0.199 e. The molecule has 0 amide bonds. The highest BCUT2D eigenvalue weighted by atomic mass is 19.2. The summed E-state index contributed by atoms with van der Waals surface area (Å²) in [4.78, 5) is 0. The third-order valence-electron chi connectivity index (χ3n) is 7.04. The van der Waals surface area contributed by atoms with Gasteiger partial charge in [-0.15, -0.1) is 0 Å². The van der Waals surface area contributed by atoms with E-state index in [4.69, 9.17) is 14.2 Å². The monoisotopic (exact) mass is 412 g/mol. The third-order valence-corrected chi connectivity index (χ3v) is 7.04. The largest absolute Gasteiger partial charge is 0.498 e. The van der Waals surface area contributed by atoms with Gasteiger partial charge in [-0.2, -0.15) is 8.78 Å². The molecule has 0 bridgehead atoms. The van der Waals surface area contributed by atoms with Crippen LogP contribution in [0.4, 0.5) is 8.78 Å². The Morgan fingerprint density at radius 1 is 0.897 bits per heavy atom. The molecule has 3 rings (SSSR count). The second kappa shape index (κ2) is 11.3. The lowest BCUT2D eigenvalue weighted by atomic mass is 9.77. The smallest absolute Gasteiger partial charge is 0.199 e. The fourth-order valence-corrected chi connectivity index (χ4v) is 5.07. The van der Waals surface area contributed by atoms with Gasteiger partial charge in [0.05, 0.1) is 19.8 Å². The van der Waals surface area contributed by atoms with Crippen LogP contribution in [0.1, 0.15) is 84.0 Å². The summed E-state index contributed by atoms with van der Waals surface area (Å²) in [5.74, 6) is 0.275. The predicted octanol–water partition coefficient (Wildman–Crippen LogP) is 6.99. The SMILES string of the molecule is CCCCCC1CCC(C2CCC(COC3=C(F)C(F)=C(OC)CC3)CC2)OC1. The number of methoxy groups -OCH3 is 1. The highest BCUT2D eigenvalue weighted by Crippen LogP contribution is 2.38. The molecule has 0 aromatic carbocycles. The Kier molecular flexibility index (Phi) is 8.83. The molecule has 2 unspecified atom stereocenters. The minimum Gasteiger partial charge on any atom is -0.498 e. The van der Waals surface area contributed by atoms with Gasteiger partial charge in [-0.1, -0.05) is 26.2 Å². The van der Waals surface area contributed by atoms with Crippen LogP contribution >= 0.6 is 0 Å². The van der Waals surface area contributed by atoms with Crippen LogP contribution in [0.25, 0.3) is 0 Å². The molecule has 0 N–H and O–H groups in total. The van der Waals surface area contributed by atoms with E-state index >= 15 is 0 Å². The van der Waals surface area contributed by atoms with Gasteiger partial charge in [0.1, 0.15) is 11.5 Å². The molecule has 3 aliphatic rings. The molecule has 5 heteroatoms. The molecular formula is C24H38F2O3. The van der Waals surface area contributed by atoms with Crippen molar-refractivity contribution in [1.82, 2.24) is 0 Å². The second-order valence-corrected chi connectivity index (χ2v) is 9.08. The molecule has 166 valence electrons. The summed E-state index contributed by atoms with van der Waals surface area (Å²) in [6.45, 7) is 3.67. The predicted molar refractivity (Wildman–Crippen MR) is 111 cm³/mol. The Morgan fingerprint density at radius 3 is 2.24 bits per heavy atom. The average molecular weight is 413 g/mol. The van der Waals surface area contributed by atoms with Crippen LogP contribution in [0.3, 0.4) is 0 Å². The molecule has 29 heavy (non-hydrogen) atoms. The number of rotatable bonds is 9. The van der Waals surface area contributed by atoms with Crippen molar-refractivity contribution >= 4 is 0 Å². The van der Waals surface area contributed by atoms with E-state index in [-0.39, 0.29) is 11.5 Å². The van der Waals surface area contributed by atoms with E-state index in [2.05, 4.69) is 6.92 Å². The molecule has 3 nitrogen and oxygen atoms in total. The second-order valence-electron chi connectivity index (χ2n) is 9.08. The van der Waals surface area contributed by atoms with Crippen molar-refractivity contribution in [2.24, 2.45) is 17.8 Å². The summed E-state index contributed by atoms with van der Waals surface area (Å²) < 4.78 is 44.8. The van der Waals surface area contributed by atoms with E-state index in [9.17, 15) is 8.78 Å². The molecule has 0 spiro atoms. The number of ether oxygens (including phenoxy) is 3. The lowest BCUT2D eigenvalue weighted by Crippen LogP contribution is -2.34. The van der Waals surface area contributed by atoms with Gasteiger partial charge < -0.3 is 14.2 Å². The minimum atomic E-state index is -0.903. The molecule has 2 atom stereocenters. The summed E-state index contributed by atoms with van der Waals surface area (Å²) in [5, 5.41) is 0. The van der Waals surface area contributed by atoms with Gasteiger partial charge in [0, 0.05) is 19.4 Å². The Hall–Kier alpha value is -1.10. The zero-order chi connectivity index (χ0) is 20.6. The lowest BCUT2D eigenvalue weighted by molar-refractivity contribution is -0.0615. The van der Waals surface area contributed by atoms with Crippen LogP contribution in [0.15, 0.2) is 23.2 Å². The quantitative estimate of drug-likeness (QED) is 0.382. The number of hydrogen-bond acceptors (Lipinski definition) is 3. The highest BCUT2D eigenvalue weighted by Gasteiger charge is 2.32. The van der Waals surface area contributed by atoms with Crippen molar-refractivity contribution in [3.05, 3.63) is 23.2 Å². The van der Waals surface area contributed by atoms with Crippen molar-refractivity contribution in [2.45, 2.75) is 90.1 Å². The summed E-state index contributed by atoms with van der Waals surface area (Å²) in [6, 6.07) is 0. The maximum atomic E-state index is 14.1. The Labute approximate surface area is 174 Å². The highest BCUT2D eigenvalue weighted by molar-refractivity contribution is 5.29. The van der Waals surface area contributed by atoms with E-state index in [1.54, 1.807) is 0 Å². The summed E-state index contributed by atoms with van der Waals surface area (Å²) >= 11 is 0. The molecule has 2 fully saturated rings. The third kappa shape index (κ3) is 6.19.